The van der Waals surface area contributed by atoms with Gasteiger partial charge in [0.2, 0.25) is 29.1 Å². The average molecular weight is 1820 g/mol. The number of hydrogen-bond donors (Lipinski definition) is 3. The smallest absolute Gasteiger partial charge is 1.00 e. The summed E-state index contributed by atoms with van der Waals surface area (Å²) in [6.45, 7) is 16.9. The third-order valence-electron chi connectivity index (χ3n) is 13.4. The Hall–Kier alpha value is -9.39. The van der Waals surface area contributed by atoms with Crippen molar-refractivity contribution >= 4 is 60.8 Å². The molecular weight excluding hydrogens is 1730 g/mol. The Bertz CT molecular complexity index is 4470. The molecule has 1 atom stereocenters. The van der Waals surface area contributed by atoms with E-state index < -0.39 is 96.5 Å². The Kier molecular flexibility index (Phi) is 48.0. The zero-order valence-corrected chi connectivity index (χ0v) is 67.3. The minimum absolute atomic E-state index is 0. The molecule has 2 aliphatic rings. The van der Waals surface area contributed by atoms with Crippen molar-refractivity contribution in [3.05, 3.63) is 183 Å². The van der Waals surface area contributed by atoms with Gasteiger partial charge >= 0.3 is 67.9 Å². The van der Waals surface area contributed by atoms with Crippen LogP contribution >= 0.6 is 25.2 Å². The van der Waals surface area contributed by atoms with Gasteiger partial charge in [0.1, 0.15) is 33.9 Å². The monoisotopic (exact) mass is 1820 g/mol. The first-order valence-electron chi connectivity index (χ1n) is 34.8. The number of ether oxygens (including phenoxy) is 4. The summed E-state index contributed by atoms with van der Waals surface area (Å²) in [5.74, 6) is -7.53. The number of halogens is 20. The molecule has 4 N–H and O–H groups in total. The third kappa shape index (κ3) is 37.8. The third-order valence-corrected chi connectivity index (χ3v) is 13.8. The standard InChI is InChI=1S/C12H11F3N4O2.C10H10F3N5.C10H9F3N4O.C10H7F3N4O.C7H7F3N2O2.C5H2BrF3N2.2C4H8O.C2H6.CH3F.CH5P.CH4.Al.Li.H/c1-3-21-10(20)9-6-19(18-7(9)2)8-4-16-11(17-5-8)12(13,14)15;1-6-7(2-14)5-18(17-6)8-3-15-9(16-4-8)10(11,12)13;2*1-6-7(5-18)4-17(16-6)8-2-14-9(15-3-8)10(11,12)13;1-2-14-6(13)4-3-11-12-5(4)7(8,9)10;6-3-1-10-4(11-2-3)5(7,8)9;2*1-2-4-5-3-1;3*1-2;;;;/h4-6H,3H2,1-2H3;3-5H,2,14H2,1H3;2-4,18H,5H2,1H3;2-5H,1H3;3H,2H2,1H3,(H,11,12);1-2H;2*1-4H2;1-2H3;1H3;2H2,1H3;1H4;;;/q;;;;;;;;;;;;;+1;-1/i;;;;;;;;3*1D;;;;. The fourth-order valence-corrected chi connectivity index (χ4v) is 8.23. The fourth-order valence-electron chi connectivity index (χ4n) is 8.02. The van der Waals surface area contributed by atoms with E-state index in [4.69, 9.17) is 29.2 Å². The Balaban J connectivity index is -0.00000134. The predicted octanol–water partition coefficient (Wildman–Crippen LogP) is 11.8. The van der Waals surface area contributed by atoms with Crippen LogP contribution < -0.4 is 24.6 Å². The summed E-state index contributed by atoms with van der Waals surface area (Å²) >= 11 is 2.92. The number of alkyl halides is 19. The molecule has 12 heterocycles. The molecule has 52 heteroatoms. The van der Waals surface area contributed by atoms with Crippen molar-refractivity contribution in [1.82, 2.24) is 99.2 Å². The van der Waals surface area contributed by atoms with Gasteiger partial charge in [-0.05, 0) is 83.2 Å². The van der Waals surface area contributed by atoms with Crippen LogP contribution in [0.5, 0.6) is 0 Å². The number of aldehydes is 1. The van der Waals surface area contributed by atoms with Gasteiger partial charge < -0.3 is 31.2 Å². The molecule has 0 aliphatic carbocycles. The normalized spacial score (nSPS) is 12.3. The number of aromatic amines is 1. The molecule has 12 rings (SSSR count). The van der Waals surface area contributed by atoms with Crippen molar-refractivity contribution in [1.29, 1.82) is 0 Å². The molecule has 29 nitrogen and oxygen atoms in total. The zero-order chi connectivity index (χ0) is 90.1. The number of carbonyl (C=O) groups is 3. The second-order valence-corrected chi connectivity index (χ2v) is 22.5. The van der Waals surface area contributed by atoms with Crippen LogP contribution in [0.2, 0.25) is 0 Å². The fraction of sp³-hybridized carbons (Fsp3) is 0.433. The van der Waals surface area contributed by atoms with Crippen molar-refractivity contribution in [3.63, 3.8) is 0 Å². The number of nitrogens with two attached hydrogens (primary N) is 1. The van der Waals surface area contributed by atoms with Crippen LogP contribution in [0.3, 0.4) is 0 Å². The molecule has 2 aliphatic heterocycles. The number of aryl methyl sites for hydroxylation is 4. The van der Waals surface area contributed by atoms with Gasteiger partial charge in [-0.25, -0.2) is 78.2 Å². The van der Waals surface area contributed by atoms with Crippen molar-refractivity contribution in [3.8, 4) is 22.7 Å². The Morgan fingerprint density at radius 1 is 0.538 bits per heavy atom. The zero-order valence-electron chi connectivity index (χ0n) is 67.4. The number of aromatic nitrogens is 20. The number of H-pyrrole nitrogens is 1. The summed E-state index contributed by atoms with van der Waals surface area (Å²) in [6.07, 6.45) is -4.66. The second kappa shape index (κ2) is 54.0. The Labute approximate surface area is 706 Å². The number of rotatable bonds is 11. The molecule has 0 amide bonds. The van der Waals surface area contributed by atoms with Crippen LogP contribution in [0.1, 0.15) is 166 Å². The quantitative estimate of drug-likeness (QED) is 0.0356. The van der Waals surface area contributed by atoms with Crippen LogP contribution in [-0.4, -0.2) is 193 Å². The van der Waals surface area contributed by atoms with Crippen LogP contribution in [0.4, 0.5) is 83.4 Å². The average Bonchev–Trinajstić information content (AvgIpc) is 1.67. The molecule has 2 fully saturated rings. The summed E-state index contributed by atoms with van der Waals surface area (Å²) in [7, 11) is 1.25. The van der Waals surface area contributed by atoms with E-state index in [0.29, 0.717) is 70.4 Å². The number of carbonyl (C=O) groups excluding carboxylic acids is 3. The molecule has 1 unspecified atom stereocenters. The second-order valence-electron chi connectivity index (χ2n) is 21.5. The molecule has 10 aromatic heterocycles. The van der Waals surface area contributed by atoms with E-state index in [2.05, 4.69) is 105 Å². The molecule has 10 aromatic rings. The van der Waals surface area contributed by atoms with Gasteiger partial charge in [0.05, 0.1) is 117 Å². The number of nitrogens with zero attached hydrogens (tertiary/aromatic N) is 19. The van der Waals surface area contributed by atoms with E-state index in [-0.39, 0.29) is 81.8 Å². The number of aliphatic hydroxyl groups is 1. The topological polar surface area (TPSA) is 363 Å². The van der Waals surface area contributed by atoms with Crippen LogP contribution in [0.15, 0.2) is 97.4 Å². The molecule has 3 radical (unpaired) electrons. The molecular formula is C67H81AlBrF19LiN21O8P. The number of hydrogen-bond acceptors (Lipinski definition) is 24. The van der Waals surface area contributed by atoms with E-state index >= 15 is 0 Å². The van der Waals surface area contributed by atoms with Gasteiger partial charge in [0.15, 0.2) is 12.0 Å². The van der Waals surface area contributed by atoms with E-state index in [1.54, 1.807) is 52.8 Å². The van der Waals surface area contributed by atoms with Gasteiger partial charge in [-0.15, -0.1) is 9.24 Å². The number of esters is 2. The van der Waals surface area contributed by atoms with Gasteiger partial charge in [0, 0.05) is 101 Å². The molecule has 0 saturated carbocycles. The van der Waals surface area contributed by atoms with Crippen molar-refractivity contribution in [2.75, 3.05) is 53.4 Å². The van der Waals surface area contributed by atoms with Crippen molar-refractivity contribution < 1.29 is 146 Å². The van der Waals surface area contributed by atoms with E-state index in [0.717, 1.165) is 106 Å². The SMILES string of the molecule is C.C1CCOC1.C1CCOC1.CCOC(=O)c1cn(-c2cnc(C(F)(F)F)nc2)nc1C.CCOC(=O)c1cn[nH]c1C(F)(F)F.Cc1nn(-c2cnc(C(F)(F)F)nc2)cc1C=O.Cc1nn(-c2cnc(C(F)(F)F)nc2)cc1CN.Cc1nn(-c2cnc(C(F)(F)F)nc2)cc1CO.FC(F)(F)c1ncc(Br)cn1.[2H]CC.[2H]CF.[2H]CP.[Al].[H-].[Li+]. The minimum Gasteiger partial charge on any atom is -1.00 e. The summed E-state index contributed by atoms with van der Waals surface area (Å²) in [5.41, 5.74) is 9.00. The maximum Gasteiger partial charge on any atom is 1.00 e. The van der Waals surface area contributed by atoms with Gasteiger partial charge in [-0.3, -0.25) is 14.3 Å². The molecule has 2 saturated heterocycles. The predicted molar refractivity (Wildman–Crippen MR) is 393 cm³/mol. The Morgan fingerprint density at radius 2 is 0.824 bits per heavy atom. The van der Waals surface area contributed by atoms with Gasteiger partial charge in [-0.1, -0.05) is 27.9 Å². The van der Waals surface area contributed by atoms with Gasteiger partial charge in [-0.2, -0.15) is 105 Å². The maximum atomic E-state index is 12.4. The molecule has 0 aromatic carbocycles. The largest absolute Gasteiger partial charge is 1.00 e. The maximum absolute atomic E-state index is 12.4. The number of nitrogens with one attached hydrogen (secondary N) is 1. The van der Waals surface area contributed by atoms with Crippen LogP contribution in [0.25, 0.3) is 22.7 Å². The first kappa shape index (κ1) is 106. The van der Waals surface area contributed by atoms with E-state index in [1.165, 1.54) is 69.9 Å². The summed E-state index contributed by atoms with van der Waals surface area (Å²) in [6, 6.07) is 0. The molecule has 0 spiro atoms. The van der Waals surface area contributed by atoms with Crippen LogP contribution in [0, 0.1) is 27.7 Å². The number of aliphatic hydroxyl groups excluding tert-OH is 1. The molecule has 119 heavy (non-hydrogen) atoms. The molecule has 651 valence electrons. The van der Waals surface area contributed by atoms with E-state index in [1.807, 2.05) is 0 Å². The molecule has 0 bridgehead atoms. The van der Waals surface area contributed by atoms with E-state index in [9.17, 15) is 97.8 Å². The first-order chi connectivity index (χ1) is 55.8. The minimum atomic E-state index is -4.63. The Morgan fingerprint density at radius 3 is 1.08 bits per heavy atom. The summed E-state index contributed by atoms with van der Waals surface area (Å²) in [5, 5.41) is 30.0. The van der Waals surface area contributed by atoms with Crippen LogP contribution in [-0.2, 0) is 69.2 Å². The van der Waals surface area contributed by atoms with Gasteiger partial charge in [0.25, 0.3) is 0 Å². The van der Waals surface area contributed by atoms with Crippen molar-refractivity contribution in [2.45, 2.75) is 139 Å². The summed E-state index contributed by atoms with van der Waals surface area (Å²) < 4.78 is 272. The summed E-state index contributed by atoms with van der Waals surface area (Å²) in [4.78, 5) is 65.3. The first-order valence-corrected chi connectivity index (χ1v) is 34.3. The van der Waals surface area contributed by atoms with Crippen molar-refractivity contribution in [2.24, 2.45) is 5.73 Å².